The van der Waals surface area contributed by atoms with Crippen LogP contribution in [0.4, 0.5) is 5.69 Å². The second-order valence-electron chi connectivity index (χ2n) is 10.9. The molecule has 0 amide bonds. The van der Waals surface area contributed by atoms with Crippen molar-refractivity contribution in [3.8, 4) is 0 Å². The van der Waals surface area contributed by atoms with E-state index in [4.69, 9.17) is 16.3 Å². The minimum atomic E-state index is -3.98. The number of halogens is 1. The number of hydrogen-bond donors (Lipinski definition) is 0. The van der Waals surface area contributed by atoms with Crippen molar-refractivity contribution in [2.45, 2.75) is 49.7 Å². The van der Waals surface area contributed by atoms with Gasteiger partial charge in [0.05, 0.1) is 4.90 Å². The third-order valence-corrected chi connectivity index (χ3v) is 10.4. The van der Waals surface area contributed by atoms with Gasteiger partial charge in [-0.2, -0.15) is 5.01 Å². The molecular formula is C32H30ClN3O3S. The molecule has 8 heteroatoms. The fraction of sp³-hybridized carbons (Fsp3) is 0.250. The normalized spacial score (nSPS) is 24.2. The number of ether oxygens (including phenoxy) is 1. The Morgan fingerprint density at radius 1 is 0.925 bits per heavy atom. The molecule has 3 aliphatic rings. The number of hydrazine groups is 1. The topological polar surface area (TPSA) is 53.1 Å². The lowest BCUT2D eigenvalue weighted by atomic mass is 9.92. The highest BCUT2D eigenvalue weighted by Gasteiger charge is 2.62. The summed E-state index contributed by atoms with van der Waals surface area (Å²) in [7, 11) is -3.98. The van der Waals surface area contributed by atoms with Crippen LogP contribution in [0.15, 0.2) is 102 Å². The summed E-state index contributed by atoms with van der Waals surface area (Å²) in [5, 5.41) is 2.58. The van der Waals surface area contributed by atoms with Crippen LogP contribution in [0.25, 0.3) is 0 Å². The Hall–Kier alpha value is -3.20. The minimum absolute atomic E-state index is 0.266. The van der Waals surface area contributed by atoms with Gasteiger partial charge in [0.25, 0.3) is 10.0 Å². The number of anilines is 1. The summed E-state index contributed by atoms with van der Waals surface area (Å²) in [4.78, 5) is 2.43. The first-order valence-electron chi connectivity index (χ1n) is 13.5. The fourth-order valence-electron chi connectivity index (χ4n) is 6.43. The van der Waals surface area contributed by atoms with Crippen molar-refractivity contribution in [2.75, 3.05) is 11.4 Å². The molecule has 3 aliphatic heterocycles. The predicted octanol–water partition coefficient (Wildman–Crippen LogP) is 6.40. The van der Waals surface area contributed by atoms with Gasteiger partial charge in [-0.25, -0.2) is 8.42 Å². The Bertz CT molecular complexity index is 1690. The zero-order chi connectivity index (χ0) is 27.6. The molecule has 0 aromatic heterocycles. The van der Waals surface area contributed by atoms with E-state index < -0.39 is 28.0 Å². The van der Waals surface area contributed by atoms with Gasteiger partial charge in [-0.1, -0.05) is 83.9 Å². The van der Waals surface area contributed by atoms with Crippen LogP contribution < -0.4 is 4.90 Å². The highest BCUT2D eigenvalue weighted by Crippen LogP contribution is 2.56. The summed E-state index contributed by atoms with van der Waals surface area (Å²) in [6.07, 6.45) is -0.466. The number of para-hydroxylation sites is 1. The maximum absolute atomic E-state index is 14.7. The minimum Gasteiger partial charge on any atom is -0.346 e. The Kier molecular flexibility index (Phi) is 6.07. The smallest absolute Gasteiger partial charge is 0.258 e. The molecule has 6 nitrogen and oxygen atoms in total. The molecule has 204 valence electrons. The Morgan fingerprint density at radius 3 is 2.40 bits per heavy atom. The number of benzene rings is 4. The van der Waals surface area contributed by atoms with Gasteiger partial charge in [0.15, 0.2) is 6.23 Å². The van der Waals surface area contributed by atoms with Gasteiger partial charge in [-0.15, -0.1) is 4.41 Å². The van der Waals surface area contributed by atoms with Crippen molar-refractivity contribution in [2.24, 2.45) is 0 Å². The summed E-state index contributed by atoms with van der Waals surface area (Å²) in [6, 6.07) is 31.1. The molecule has 40 heavy (non-hydrogen) atoms. The molecule has 1 fully saturated rings. The van der Waals surface area contributed by atoms with E-state index in [0.29, 0.717) is 18.1 Å². The summed E-state index contributed by atoms with van der Waals surface area (Å²) >= 11 is 6.19. The van der Waals surface area contributed by atoms with E-state index in [0.717, 1.165) is 34.4 Å². The molecule has 0 N–H and O–H groups in total. The maximum atomic E-state index is 14.7. The highest BCUT2D eigenvalue weighted by atomic mass is 35.5. The second kappa shape index (κ2) is 9.43. The standard InChI is InChI=1S/C32H30ClN3O3S/c1-22-11-17-26(18-12-22)40(37,38)36-31-32(2,39-30-27-8-4-3-7-24(27)19-20-35(30)36)28-9-5-6-10-29(28)34(31)21-23-13-15-25(33)16-14-23/h3-18,30-31H,19-21H2,1-2H3/t30-,31+,32+/m0/s1. The van der Waals surface area contributed by atoms with Gasteiger partial charge in [0.1, 0.15) is 11.8 Å². The molecule has 0 spiro atoms. The van der Waals surface area contributed by atoms with Crippen LogP contribution in [0, 0.1) is 6.92 Å². The van der Waals surface area contributed by atoms with Crippen molar-refractivity contribution in [1.82, 2.24) is 9.42 Å². The molecule has 3 heterocycles. The monoisotopic (exact) mass is 571 g/mol. The number of rotatable bonds is 4. The van der Waals surface area contributed by atoms with E-state index in [9.17, 15) is 8.42 Å². The lowest BCUT2D eigenvalue weighted by Crippen LogP contribution is -2.69. The van der Waals surface area contributed by atoms with Gasteiger partial charge in [-0.3, -0.25) is 0 Å². The number of hydrogen-bond acceptors (Lipinski definition) is 5. The SMILES string of the molecule is Cc1ccc(S(=O)(=O)N2[C@H]3N(Cc4ccc(Cl)cc4)c4ccccc4[C@@]3(C)O[C@H]3c4ccccc4CCN32)cc1. The average molecular weight is 572 g/mol. The van der Waals surface area contributed by atoms with Gasteiger partial charge in [0, 0.05) is 34.9 Å². The molecule has 0 bridgehead atoms. The van der Waals surface area contributed by atoms with Crippen LogP contribution in [0.1, 0.15) is 41.0 Å². The largest absolute Gasteiger partial charge is 0.346 e. The van der Waals surface area contributed by atoms with E-state index in [2.05, 4.69) is 29.2 Å². The molecule has 7 rings (SSSR count). The highest BCUT2D eigenvalue weighted by molar-refractivity contribution is 7.89. The first-order valence-corrected chi connectivity index (χ1v) is 15.3. The average Bonchev–Trinajstić information content (AvgIpc) is 3.20. The van der Waals surface area contributed by atoms with Crippen LogP contribution in [-0.2, 0) is 33.3 Å². The zero-order valence-electron chi connectivity index (χ0n) is 22.4. The van der Waals surface area contributed by atoms with Gasteiger partial charge in [0.2, 0.25) is 0 Å². The van der Waals surface area contributed by atoms with Crippen LogP contribution in [0.2, 0.25) is 5.02 Å². The van der Waals surface area contributed by atoms with Crippen LogP contribution in [0.3, 0.4) is 0 Å². The molecular weight excluding hydrogens is 542 g/mol. The summed E-state index contributed by atoms with van der Waals surface area (Å²) < 4.78 is 38.2. The van der Waals surface area contributed by atoms with Crippen molar-refractivity contribution < 1.29 is 13.2 Å². The first kappa shape index (κ1) is 25.7. The maximum Gasteiger partial charge on any atom is 0.258 e. The van der Waals surface area contributed by atoms with Crippen molar-refractivity contribution in [3.63, 3.8) is 0 Å². The van der Waals surface area contributed by atoms with Gasteiger partial charge >= 0.3 is 0 Å². The number of aryl methyl sites for hydroxylation is 1. The van der Waals surface area contributed by atoms with Crippen molar-refractivity contribution >= 4 is 27.3 Å². The third kappa shape index (κ3) is 3.91. The summed E-state index contributed by atoms with van der Waals surface area (Å²) in [6.45, 7) is 5.00. The molecule has 4 aromatic carbocycles. The van der Waals surface area contributed by atoms with Crippen LogP contribution in [-0.4, -0.2) is 30.6 Å². The van der Waals surface area contributed by atoms with Crippen LogP contribution >= 0.6 is 11.6 Å². The number of sulfonamides is 1. The summed E-state index contributed by atoms with van der Waals surface area (Å²) in [5.74, 6) is 0. The lowest BCUT2D eigenvalue weighted by molar-refractivity contribution is -0.282. The van der Waals surface area contributed by atoms with Gasteiger partial charge < -0.3 is 9.64 Å². The predicted molar refractivity (Wildman–Crippen MR) is 156 cm³/mol. The number of nitrogens with zero attached hydrogens (tertiary/aromatic N) is 3. The Morgan fingerprint density at radius 2 is 1.62 bits per heavy atom. The lowest BCUT2D eigenvalue weighted by Gasteiger charge is -2.56. The van der Waals surface area contributed by atoms with Crippen molar-refractivity contribution in [1.29, 1.82) is 0 Å². The summed E-state index contributed by atoms with van der Waals surface area (Å²) in [5.41, 5.74) is 5.22. The number of fused-ring (bicyclic) bond motifs is 6. The quantitative estimate of drug-likeness (QED) is 0.284. The van der Waals surface area contributed by atoms with E-state index in [-0.39, 0.29) is 4.90 Å². The molecule has 3 atom stereocenters. The first-order chi connectivity index (χ1) is 19.3. The third-order valence-electron chi connectivity index (χ3n) is 8.39. The van der Waals surface area contributed by atoms with Gasteiger partial charge in [-0.05, 0) is 61.7 Å². The molecule has 0 radical (unpaired) electrons. The van der Waals surface area contributed by atoms with Crippen LogP contribution in [0.5, 0.6) is 0 Å². The Labute approximate surface area is 240 Å². The molecule has 0 saturated carbocycles. The second-order valence-corrected chi connectivity index (χ2v) is 13.2. The van der Waals surface area contributed by atoms with E-state index >= 15 is 0 Å². The molecule has 1 saturated heterocycles. The molecule has 4 aromatic rings. The Balaban J connectivity index is 1.44. The molecule has 0 unspecified atom stereocenters. The molecule has 0 aliphatic carbocycles. The van der Waals surface area contributed by atoms with E-state index in [1.165, 1.54) is 5.56 Å². The van der Waals surface area contributed by atoms with E-state index in [1.807, 2.05) is 79.5 Å². The fourth-order valence-corrected chi connectivity index (χ4v) is 8.27. The van der Waals surface area contributed by atoms with E-state index in [1.54, 1.807) is 16.5 Å². The van der Waals surface area contributed by atoms with Crippen molar-refractivity contribution in [3.05, 3.63) is 130 Å². The zero-order valence-corrected chi connectivity index (χ0v) is 23.9.